The summed E-state index contributed by atoms with van der Waals surface area (Å²) in [5.74, 6) is 2.91. The minimum Gasteiger partial charge on any atom is -0.265 e. The number of aromatic nitrogens is 6. The smallest absolute Gasteiger partial charge is 0.0530 e. The Labute approximate surface area is 287 Å². The maximum atomic E-state index is 4.18. The molecule has 0 unspecified atom stereocenters. The zero-order valence-electron chi connectivity index (χ0n) is 29.0. The summed E-state index contributed by atoms with van der Waals surface area (Å²) >= 11 is 0. The zero-order chi connectivity index (χ0) is 33.5. The molecule has 0 aliphatic heterocycles. The molecule has 0 fully saturated rings. The predicted molar refractivity (Wildman–Crippen MR) is 203 cm³/mol. The fourth-order valence-corrected chi connectivity index (χ4v) is 3.54. The van der Waals surface area contributed by atoms with E-state index in [1.54, 1.807) is 24.8 Å². The lowest BCUT2D eigenvalue weighted by Crippen LogP contribution is -1.88. The molecular formula is C41H62N6. The van der Waals surface area contributed by atoms with Crippen LogP contribution in [0.1, 0.15) is 142 Å². The van der Waals surface area contributed by atoms with Gasteiger partial charge in [0.2, 0.25) is 0 Å². The zero-order valence-corrected chi connectivity index (χ0v) is 29.0. The molecule has 0 saturated heterocycles. The Morgan fingerprint density at radius 1 is 0.362 bits per heavy atom. The Morgan fingerprint density at radius 2 is 0.830 bits per heavy atom. The third kappa shape index (κ3) is 21.2. The topological polar surface area (TPSA) is 77.3 Å². The SMILES string of the molecule is C.C.CC(C)c1ccccn1.CC(C)c1cccnc1.CC(C)c1cccnc1.CC(C)c1ccncc1.CC(C)c1ccnnc1. The highest BCUT2D eigenvalue weighted by atomic mass is 15.1. The first kappa shape index (κ1) is 44.8. The molecule has 0 aliphatic carbocycles. The number of pyridine rings is 4. The standard InChI is InChI=1S/4C8H11N.C7H10N2.2CH4/c1-7(2)8-3-5-9-6-4-8;2*1-7(2)8-4-3-5-9-6-8;1-7(2)8-5-3-4-6-9-8;1-6(2)7-3-4-8-9-5-7;;/h4*3-7H,1-2H3;3-6H,1-2H3;2*1H4. The van der Waals surface area contributed by atoms with E-state index < -0.39 is 0 Å². The van der Waals surface area contributed by atoms with Crippen LogP contribution in [-0.4, -0.2) is 30.1 Å². The fraction of sp³-hybridized carbons (Fsp3) is 0.415. The molecule has 5 rings (SSSR count). The highest BCUT2D eigenvalue weighted by Crippen LogP contribution is 2.12. The number of nitrogens with zero attached hydrogens (tertiary/aromatic N) is 6. The van der Waals surface area contributed by atoms with E-state index in [9.17, 15) is 0 Å². The molecule has 0 spiro atoms. The van der Waals surface area contributed by atoms with Crippen LogP contribution in [0.5, 0.6) is 0 Å². The minimum atomic E-state index is 0. The van der Waals surface area contributed by atoms with Gasteiger partial charge in [-0.1, -0.05) is 102 Å². The van der Waals surface area contributed by atoms with Crippen LogP contribution in [0.25, 0.3) is 0 Å². The van der Waals surface area contributed by atoms with E-state index in [0.717, 1.165) is 5.69 Å². The maximum absolute atomic E-state index is 4.18. The highest BCUT2D eigenvalue weighted by Gasteiger charge is 1.97. The maximum Gasteiger partial charge on any atom is 0.0530 e. The molecule has 5 heterocycles. The van der Waals surface area contributed by atoms with Crippen LogP contribution in [0.4, 0.5) is 0 Å². The van der Waals surface area contributed by atoms with Gasteiger partial charge in [0.25, 0.3) is 0 Å². The summed E-state index contributed by atoms with van der Waals surface area (Å²) in [4.78, 5) is 16.1. The first-order valence-corrected chi connectivity index (χ1v) is 15.9. The lowest BCUT2D eigenvalue weighted by Gasteiger charge is -2.01. The molecule has 0 aromatic carbocycles. The van der Waals surface area contributed by atoms with Crippen molar-refractivity contribution in [1.82, 2.24) is 30.1 Å². The average Bonchev–Trinajstić information content (AvgIpc) is 3.08. The Bertz CT molecular complexity index is 1090. The van der Waals surface area contributed by atoms with E-state index in [-0.39, 0.29) is 14.9 Å². The Hall–Kier alpha value is -4.32. The van der Waals surface area contributed by atoms with Gasteiger partial charge in [0, 0.05) is 55.3 Å². The van der Waals surface area contributed by atoms with Crippen molar-refractivity contribution >= 4 is 0 Å². The lowest BCUT2D eigenvalue weighted by atomic mass is 10.1. The molecule has 0 atom stereocenters. The van der Waals surface area contributed by atoms with E-state index in [1.165, 1.54) is 22.3 Å². The van der Waals surface area contributed by atoms with E-state index >= 15 is 0 Å². The monoisotopic (exact) mass is 639 g/mol. The second-order valence-electron chi connectivity index (χ2n) is 12.1. The molecule has 47 heavy (non-hydrogen) atoms. The Kier molecular flexibility index (Phi) is 25.6. The van der Waals surface area contributed by atoms with Crippen LogP contribution in [-0.2, 0) is 0 Å². The van der Waals surface area contributed by atoms with Crippen LogP contribution in [0, 0.1) is 0 Å². The van der Waals surface area contributed by atoms with Crippen molar-refractivity contribution in [1.29, 1.82) is 0 Å². The van der Waals surface area contributed by atoms with Gasteiger partial charge in [0.15, 0.2) is 0 Å². The lowest BCUT2D eigenvalue weighted by molar-refractivity contribution is 0.823. The summed E-state index contributed by atoms with van der Waals surface area (Å²) < 4.78 is 0. The van der Waals surface area contributed by atoms with Crippen LogP contribution >= 0.6 is 0 Å². The molecule has 0 saturated carbocycles. The molecule has 0 aliphatic rings. The summed E-state index contributed by atoms with van der Waals surface area (Å²) in [6.07, 6.45) is 16.4. The largest absolute Gasteiger partial charge is 0.265 e. The Morgan fingerprint density at radius 3 is 1.09 bits per heavy atom. The van der Waals surface area contributed by atoms with Gasteiger partial charge in [-0.05, 0) is 94.3 Å². The first-order valence-electron chi connectivity index (χ1n) is 15.9. The number of hydrogen-bond donors (Lipinski definition) is 0. The molecule has 0 radical (unpaired) electrons. The van der Waals surface area contributed by atoms with Crippen LogP contribution in [0.3, 0.4) is 0 Å². The molecule has 256 valence electrons. The molecule has 0 bridgehead atoms. The third-order valence-corrected chi connectivity index (χ3v) is 6.63. The summed E-state index contributed by atoms with van der Waals surface area (Å²) in [6, 6.07) is 20.2. The van der Waals surface area contributed by atoms with Crippen molar-refractivity contribution in [3.8, 4) is 0 Å². The van der Waals surface area contributed by atoms with Crippen molar-refractivity contribution in [3.05, 3.63) is 144 Å². The molecule has 6 nitrogen and oxygen atoms in total. The van der Waals surface area contributed by atoms with Gasteiger partial charge in [-0.3, -0.25) is 19.9 Å². The van der Waals surface area contributed by atoms with Gasteiger partial charge in [-0.15, -0.1) is 0 Å². The fourth-order valence-electron chi connectivity index (χ4n) is 3.54. The normalized spacial score (nSPS) is 9.68. The second-order valence-corrected chi connectivity index (χ2v) is 12.1. The van der Waals surface area contributed by atoms with Crippen molar-refractivity contribution in [3.63, 3.8) is 0 Å². The van der Waals surface area contributed by atoms with Crippen molar-refractivity contribution < 1.29 is 0 Å². The summed E-state index contributed by atoms with van der Waals surface area (Å²) in [5.41, 5.74) is 6.36. The van der Waals surface area contributed by atoms with Gasteiger partial charge >= 0.3 is 0 Å². The van der Waals surface area contributed by atoms with Gasteiger partial charge in [-0.2, -0.15) is 10.2 Å². The van der Waals surface area contributed by atoms with E-state index in [2.05, 4.69) is 112 Å². The van der Waals surface area contributed by atoms with E-state index in [0.29, 0.717) is 29.6 Å². The first-order chi connectivity index (χ1) is 21.5. The van der Waals surface area contributed by atoms with Gasteiger partial charge < -0.3 is 0 Å². The minimum absolute atomic E-state index is 0. The molecule has 0 amide bonds. The van der Waals surface area contributed by atoms with E-state index in [1.807, 2.05) is 79.5 Å². The van der Waals surface area contributed by atoms with Crippen molar-refractivity contribution in [2.24, 2.45) is 0 Å². The Balaban J connectivity index is 0. The van der Waals surface area contributed by atoms with Crippen LogP contribution < -0.4 is 0 Å². The number of hydrogen-bond acceptors (Lipinski definition) is 6. The molecular weight excluding hydrogens is 576 g/mol. The van der Waals surface area contributed by atoms with Gasteiger partial charge in [0.05, 0.1) is 6.20 Å². The summed E-state index contributed by atoms with van der Waals surface area (Å²) in [7, 11) is 0. The summed E-state index contributed by atoms with van der Waals surface area (Å²) in [6.45, 7) is 21.6. The predicted octanol–water partition coefficient (Wildman–Crippen LogP) is 11.7. The third-order valence-electron chi connectivity index (χ3n) is 6.63. The summed E-state index contributed by atoms with van der Waals surface area (Å²) in [5, 5.41) is 7.43. The molecule has 5 aromatic heterocycles. The molecule has 0 N–H and O–H groups in total. The van der Waals surface area contributed by atoms with Gasteiger partial charge in [0.1, 0.15) is 0 Å². The van der Waals surface area contributed by atoms with Gasteiger partial charge in [-0.25, -0.2) is 0 Å². The van der Waals surface area contributed by atoms with Crippen molar-refractivity contribution in [2.75, 3.05) is 0 Å². The molecule has 5 aromatic rings. The van der Waals surface area contributed by atoms with Crippen molar-refractivity contribution in [2.45, 2.75) is 114 Å². The van der Waals surface area contributed by atoms with E-state index in [4.69, 9.17) is 0 Å². The second kappa shape index (κ2) is 26.9. The quantitative estimate of drug-likeness (QED) is 0.191. The van der Waals surface area contributed by atoms with Crippen LogP contribution in [0.2, 0.25) is 0 Å². The highest BCUT2D eigenvalue weighted by molar-refractivity contribution is 5.14. The number of rotatable bonds is 5. The average molecular weight is 639 g/mol. The molecule has 6 heteroatoms. The van der Waals surface area contributed by atoms with Crippen LogP contribution in [0.15, 0.2) is 116 Å².